The topological polar surface area (TPSA) is 44.9 Å². The van der Waals surface area contributed by atoms with Crippen molar-refractivity contribution in [3.8, 4) is 45.3 Å². The fraction of sp³-hybridized carbons (Fsp3) is 0.269. The molecule has 0 aliphatic heterocycles. The molecule has 3 aromatic heterocycles. The van der Waals surface area contributed by atoms with Gasteiger partial charge in [-0.25, -0.2) is 4.98 Å². The van der Waals surface area contributed by atoms with Crippen molar-refractivity contribution >= 4 is 21.8 Å². The number of pyridine rings is 1. The third-order valence-electron chi connectivity index (χ3n) is 10.9. The van der Waals surface area contributed by atoms with Gasteiger partial charge < -0.3 is 9.30 Å². The van der Waals surface area contributed by atoms with Crippen LogP contribution in [0.2, 0.25) is 0 Å². The van der Waals surface area contributed by atoms with Crippen LogP contribution in [0.25, 0.3) is 55.6 Å². The van der Waals surface area contributed by atoms with Gasteiger partial charge in [0.2, 0.25) is 0 Å². The van der Waals surface area contributed by atoms with Crippen LogP contribution in [0, 0.1) is 25.9 Å². The Morgan fingerprint density at radius 3 is 2.03 bits per heavy atom. The van der Waals surface area contributed by atoms with Gasteiger partial charge in [-0.1, -0.05) is 122 Å². The molecule has 6 heteroatoms. The molecule has 0 aliphatic rings. The number of rotatable bonds is 6. The molecule has 0 aliphatic carbocycles. The summed E-state index contributed by atoms with van der Waals surface area (Å²) in [6, 6.07) is 39.9. The molecule has 3 heterocycles. The first-order chi connectivity index (χ1) is 28.1. The summed E-state index contributed by atoms with van der Waals surface area (Å²) in [7, 11) is 0. The van der Waals surface area contributed by atoms with E-state index >= 15 is 0 Å². The second-order valence-electron chi connectivity index (χ2n) is 18.3. The number of aryl methyl sites for hydroxylation is 2. The Hall–Kier alpha value is -5.25. The smallest absolute Gasteiger partial charge is 0.509 e. The predicted molar refractivity (Wildman–Crippen MR) is 236 cm³/mol. The molecule has 0 bridgehead atoms. The minimum absolute atomic E-state index is 0. The molecule has 0 saturated carbocycles. The SMILES string of the molecule is [2H]C([2H])([2H])c1cc(C(C)(C)C)cc(C)c1-c1ccnc(-n2c3[c-]c(Oc4[c-]c(-n5cc(-c6ccc(C(C)(C)C)cc6)cn5)cc(C(C)(C)C)c4)ccc3c3ccccc32)c1.[Pt+2]. The van der Waals surface area contributed by atoms with Crippen LogP contribution in [0.5, 0.6) is 11.5 Å². The number of fused-ring (bicyclic) bond motifs is 3. The van der Waals surface area contributed by atoms with Gasteiger partial charge in [-0.05, 0) is 98.2 Å². The molecule has 0 saturated heterocycles. The fourth-order valence-electron chi connectivity index (χ4n) is 7.50. The van der Waals surface area contributed by atoms with Gasteiger partial charge in [0.15, 0.2) is 0 Å². The molecule has 296 valence electrons. The third kappa shape index (κ3) is 7.94. The summed E-state index contributed by atoms with van der Waals surface area (Å²) in [5.41, 5.74) is 10.4. The normalized spacial score (nSPS) is 13.2. The predicted octanol–water partition coefficient (Wildman–Crippen LogP) is 13.6. The van der Waals surface area contributed by atoms with Crippen molar-refractivity contribution < 1.29 is 29.9 Å². The standard InChI is InChI=1S/C52H52N4O.Pt/c1-33-24-39(51(6,7)8)25-34(2)49(33)36-22-23-53-48(26-36)56-46-15-13-12-14-44(46)45-21-20-42(30-47(45)56)57-43-28-40(52(9,10)11)27-41(29-43)55-32-37(31-54-55)35-16-18-38(19-17-35)50(3,4)5;/h12-28,31-32H,1-11H3;/q-2;+2/i1D3;. The number of aromatic nitrogens is 4. The molecule has 0 spiro atoms. The summed E-state index contributed by atoms with van der Waals surface area (Å²) < 4.78 is 36.2. The first-order valence-electron chi connectivity index (χ1n) is 21.1. The Bertz CT molecular complexity index is 2900. The van der Waals surface area contributed by atoms with E-state index in [2.05, 4.69) is 134 Å². The van der Waals surface area contributed by atoms with Crippen molar-refractivity contribution in [2.75, 3.05) is 0 Å². The molecule has 8 rings (SSSR count). The van der Waals surface area contributed by atoms with E-state index < -0.39 is 6.85 Å². The average molecular weight is 947 g/mol. The van der Waals surface area contributed by atoms with Crippen LogP contribution < -0.4 is 4.74 Å². The van der Waals surface area contributed by atoms with Crippen molar-refractivity contribution in [3.05, 3.63) is 156 Å². The molecule has 58 heavy (non-hydrogen) atoms. The summed E-state index contributed by atoms with van der Waals surface area (Å²) in [6.45, 7) is 19.2. The molecule has 0 unspecified atom stereocenters. The van der Waals surface area contributed by atoms with Crippen LogP contribution in [0.3, 0.4) is 0 Å². The first kappa shape index (κ1) is 37.0. The van der Waals surface area contributed by atoms with Crippen molar-refractivity contribution in [1.82, 2.24) is 19.3 Å². The quantitative estimate of drug-likeness (QED) is 0.156. The van der Waals surface area contributed by atoms with E-state index in [9.17, 15) is 0 Å². The Balaban J connectivity index is 0.00000561. The molecule has 5 aromatic carbocycles. The van der Waals surface area contributed by atoms with Crippen LogP contribution in [0.4, 0.5) is 0 Å². The zero-order valence-corrected chi connectivity index (χ0v) is 37.3. The number of hydrogen-bond donors (Lipinski definition) is 0. The first-order valence-corrected chi connectivity index (χ1v) is 19.6. The molecule has 0 atom stereocenters. The number of ether oxygens (including phenoxy) is 1. The van der Waals surface area contributed by atoms with Gasteiger partial charge in [0.1, 0.15) is 5.82 Å². The average Bonchev–Trinajstić information content (AvgIpc) is 3.80. The number of nitrogens with zero attached hydrogens (tertiary/aromatic N) is 4. The van der Waals surface area contributed by atoms with E-state index in [-0.39, 0.29) is 37.3 Å². The number of para-hydroxylation sites is 1. The van der Waals surface area contributed by atoms with Gasteiger partial charge in [-0.3, -0.25) is 4.68 Å². The largest absolute Gasteiger partial charge is 2.00 e. The van der Waals surface area contributed by atoms with Crippen LogP contribution in [-0.2, 0) is 37.3 Å². The fourth-order valence-corrected chi connectivity index (χ4v) is 7.50. The van der Waals surface area contributed by atoms with Crippen molar-refractivity contribution in [1.29, 1.82) is 0 Å². The van der Waals surface area contributed by atoms with Crippen molar-refractivity contribution in [3.63, 3.8) is 0 Å². The van der Waals surface area contributed by atoms with Crippen molar-refractivity contribution in [2.24, 2.45) is 0 Å². The maximum Gasteiger partial charge on any atom is 2.00 e. The molecule has 0 amide bonds. The monoisotopic (exact) mass is 946 g/mol. The number of hydrogen-bond acceptors (Lipinski definition) is 3. The molecular formula is C52H52N4OPt. The molecule has 0 radical (unpaired) electrons. The summed E-state index contributed by atoms with van der Waals surface area (Å²) >= 11 is 0. The van der Waals surface area contributed by atoms with Crippen LogP contribution in [0.15, 0.2) is 116 Å². The zero-order valence-electron chi connectivity index (χ0n) is 38.0. The second kappa shape index (κ2) is 15.2. The van der Waals surface area contributed by atoms with Crippen LogP contribution in [0.1, 0.15) is 94.2 Å². The van der Waals surface area contributed by atoms with Gasteiger partial charge in [0.05, 0.1) is 6.20 Å². The Kier molecular flexibility index (Phi) is 9.69. The maximum atomic E-state index is 8.54. The molecule has 8 aromatic rings. The number of benzene rings is 5. The molecule has 5 nitrogen and oxygen atoms in total. The summed E-state index contributed by atoms with van der Waals surface area (Å²) in [5.74, 6) is 1.72. The molecule has 0 fully saturated rings. The van der Waals surface area contributed by atoms with Crippen LogP contribution >= 0.6 is 0 Å². The zero-order chi connectivity index (χ0) is 42.9. The maximum absolute atomic E-state index is 8.54. The summed E-state index contributed by atoms with van der Waals surface area (Å²) in [6.07, 6.45) is 5.68. The minimum atomic E-state index is -2.31. The van der Waals surface area contributed by atoms with Crippen molar-refractivity contribution in [2.45, 2.75) is 92.3 Å². The van der Waals surface area contributed by atoms with Gasteiger partial charge in [0.25, 0.3) is 0 Å². The summed E-state index contributed by atoms with van der Waals surface area (Å²) in [4.78, 5) is 4.87. The Morgan fingerprint density at radius 1 is 0.638 bits per heavy atom. The van der Waals surface area contributed by atoms with Gasteiger partial charge in [-0.2, -0.15) is 11.2 Å². The Morgan fingerprint density at radius 2 is 1.33 bits per heavy atom. The van der Waals surface area contributed by atoms with Gasteiger partial charge >= 0.3 is 21.1 Å². The van der Waals surface area contributed by atoms with Gasteiger partial charge in [-0.15, -0.1) is 41.3 Å². The summed E-state index contributed by atoms with van der Waals surface area (Å²) in [5, 5.41) is 6.80. The minimum Gasteiger partial charge on any atom is -0.509 e. The Labute approximate surface area is 362 Å². The van der Waals surface area contributed by atoms with Crippen LogP contribution in [-0.4, -0.2) is 19.3 Å². The van der Waals surface area contributed by atoms with E-state index in [1.165, 1.54) is 5.56 Å². The third-order valence-corrected chi connectivity index (χ3v) is 10.9. The molecule has 0 N–H and O–H groups in total. The van der Waals surface area contributed by atoms with Gasteiger partial charge in [0, 0.05) is 39.1 Å². The second-order valence-corrected chi connectivity index (χ2v) is 18.3. The van der Waals surface area contributed by atoms with E-state index in [1.807, 2.05) is 66.5 Å². The van der Waals surface area contributed by atoms with E-state index in [0.29, 0.717) is 28.4 Å². The van der Waals surface area contributed by atoms with E-state index in [1.54, 1.807) is 6.20 Å². The van der Waals surface area contributed by atoms with E-state index in [0.717, 1.165) is 60.9 Å². The molecular weight excluding hydrogens is 892 g/mol. The van der Waals surface area contributed by atoms with E-state index in [4.69, 9.17) is 18.9 Å².